The van der Waals surface area contributed by atoms with Crippen LogP contribution in [0.4, 0.5) is 0 Å². The summed E-state index contributed by atoms with van der Waals surface area (Å²) in [6.07, 6.45) is 16.7. The Hall–Kier alpha value is -1.05. The highest BCUT2D eigenvalue weighted by atomic mass is 16.5. The molecule has 0 radical (unpaired) electrons. The van der Waals surface area contributed by atoms with Gasteiger partial charge in [-0.25, -0.2) is 0 Å². The van der Waals surface area contributed by atoms with Crippen molar-refractivity contribution in [3.05, 3.63) is 23.3 Å². The molecule has 34 heavy (non-hydrogen) atoms. The summed E-state index contributed by atoms with van der Waals surface area (Å²) >= 11 is 0. The van der Waals surface area contributed by atoms with Crippen molar-refractivity contribution in [2.24, 2.45) is 44.3 Å². The lowest BCUT2D eigenvalue weighted by atomic mass is 9.34. The van der Waals surface area contributed by atoms with Gasteiger partial charge in [0, 0.05) is 12.3 Å². The molecule has 0 aliphatic heterocycles. The number of hydrogen-bond acceptors (Lipinski definition) is 2. The smallest absolute Gasteiger partial charge is 0.302 e. The molecule has 0 aromatic carbocycles. The zero-order valence-electron chi connectivity index (χ0n) is 23.6. The molecule has 5 rings (SSSR count). The zero-order valence-corrected chi connectivity index (χ0v) is 23.6. The van der Waals surface area contributed by atoms with Crippen LogP contribution in [0.25, 0.3) is 0 Å². The molecule has 0 heterocycles. The highest BCUT2D eigenvalue weighted by Crippen LogP contribution is 2.75. The standard InChI is InChI=1S/C32H50O2/c1-21(33)34-26-15-17-29(6)22-14-18-32(9)25-11-10-16-27(2,3)31(25,8)20-19-30(32,7)23(22)12-13-24(29)28(26,4)5/h12,14,24-26H,10-11,13,15-20H2,1-9H3. The second-order valence-electron chi connectivity index (χ2n) is 15.1. The van der Waals surface area contributed by atoms with E-state index in [0.717, 1.165) is 25.2 Å². The Morgan fingerprint density at radius 3 is 2.21 bits per heavy atom. The Morgan fingerprint density at radius 1 is 0.824 bits per heavy atom. The molecule has 5 aliphatic rings. The van der Waals surface area contributed by atoms with Crippen LogP contribution in [0.15, 0.2) is 23.3 Å². The predicted octanol–water partition coefficient (Wildman–Crippen LogP) is 8.66. The molecule has 7 unspecified atom stereocenters. The minimum absolute atomic E-state index is 0.0122. The molecule has 0 N–H and O–H groups in total. The molecular weight excluding hydrogens is 416 g/mol. The first kappa shape index (κ1) is 24.6. The van der Waals surface area contributed by atoms with Crippen LogP contribution in [0, 0.1) is 44.3 Å². The topological polar surface area (TPSA) is 26.3 Å². The summed E-state index contributed by atoms with van der Waals surface area (Å²) in [6.45, 7) is 21.9. The van der Waals surface area contributed by atoms with Crippen molar-refractivity contribution in [3.63, 3.8) is 0 Å². The molecule has 3 saturated carbocycles. The van der Waals surface area contributed by atoms with Crippen molar-refractivity contribution in [2.75, 3.05) is 0 Å². The fourth-order valence-corrected chi connectivity index (χ4v) is 10.5. The summed E-state index contributed by atoms with van der Waals surface area (Å²) < 4.78 is 5.87. The third-order valence-corrected chi connectivity index (χ3v) is 13.3. The molecule has 3 fully saturated rings. The first-order chi connectivity index (χ1) is 15.6. The van der Waals surface area contributed by atoms with Crippen molar-refractivity contribution in [1.29, 1.82) is 0 Å². The number of allylic oxidation sites excluding steroid dienone is 4. The van der Waals surface area contributed by atoms with Crippen LogP contribution in [0.3, 0.4) is 0 Å². The van der Waals surface area contributed by atoms with Crippen LogP contribution in [0.2, 0.25) is 0 Å². The van der Waals surface area contributed by atoms with Gasteiger partial charge in [-0.05, 0) is 101 Å². The zero-order chi connectivity index (χ0) is 24.9. The van der Waals surface area contributed by atoms with Crippen LogP contribution in [0.5, 0.6) is 0 Å². The lowest BCUT2D eigenvalue weighted by molar-refractivity contribution is -0.173. The molecule has 0 amide bonds. The normalized spacial score (nSPS) is 48.8. The summed E-state index contributed by atoms with van der Waals surface area (Å²) in [5.41, 5.74) is 5.00. The van der Waals surface area contributed by atoms with E-state index in [4.69, 9.17) is 4.74 Å². The Balaban J connectivity index is 1.56. The number of carbonyl (C=O) groups excluding carboxylic acids is 1. The second kappa shape index (κ2) is 7.25. The first-order valence-electron chi connectivity index (χ1n) is 14.2. The maximum absolute atomic E-state index is 11.8. The summed E-state index contributed by atoms with van der Waals surface area (Å²) in [5.74, 6) is 1.18. The number of esters is 1. The molecule has 5 aliphatic carbocycles. The van der Waals surface area contributed by atoms with Gasteiger partial charge < -0.3 is 4.74 Å². The third kappa shape index (κ3) is 2.89. The van der Waals surface area contributed by atoms with E-state index in [1.165, 1.54) is 38.5 Å². The van der Waals surface area contributed by atoms with Gasteiger partial charge in [0.2, 0.25) is 0 Å². The quantitative estimate of drug-likeness (QED) is 0.361. The second-order valence-corrected chi connectivity index (χ2v) is 15.1. The largest absolute Gasteiger partial charge is 0.462 e. The number of rotatable bonds is 1. The number of fused-ring (bicyclic) bond motifs is 7. The predicted molar refractivity (Wildman–Crippen MR) is 140 cm³/mol. The van der Waals surface area contributed by atoms with Crippen molar-refractivity contribution >= 4 is 5.97 Å². The highest BCUT2D eigenvalue weighted by molar-refractivity contribution is 5.66. The third-order valence-electron chi connectivity index (χ3n) is 13.3. The average molecular weight is 467 g/mol. The lowest BCUT2D eigenvalue weighted by Gasteiger charge is -2.70. The van der Waals surface area contributed by atoms with Crippen molar-refractivity contribution in [1.82, 2.24) is 0 Å². The number of hydrogen-bond donors (Lipinski definition) is 0. The van der Waals surface area contributed by atoms with Gasteiger partial charge in [-0.2, -0.15) is 0 Å². The molecule has 190 valence electrons. The first-order valence-corrected chi connectivity index (χ1v) is 14.2. The van der Waals surface area contributed by atoms with Gasteiger partial charge in [0.1, 0.15) is 6.10 Å². The van der Waals surface area contributed by atoms with E-state index in [2.05, 4.69) is 67.5 Å². The van der Waals surface area contributed by atoms with Crippen molar-refractivity contribution < 1.29 is 9.53 Å². The van der Waals surface area contributed by atoms with Gasteiger partial charge in [-0.3, -0.25) is 4.79 Å². The summed E-state index contributed by atoms with van der Waals surface area (Å²) in [4.78, 5) is 11.8. The minimum atomic E-state index is -0.130. The minimum Gasteiger partial charge on any atom is -0.462 e. The molecule has 0 aromatic rings. The van der Waals surface area contributed by atoms with E-state index < -0.39 is 0 Å². The number of ether oxygens (including phenoxy) is 1. The summed E-state index contributed by atoms with van der Waals surface area (Å²) in [6, 6.07) is 0. The van der Waals surface area contributed by atoms with Crippen LogP contribution in [0.1, 0.15) is 120 Å². The van der Waals surface area contributed by atoms with Gasteiger partial charge in [0.15, 0.2) is 0 Å². The van der Waals surface area contributed by atoms with E-state index in [9.17, 15) is 4.79 Å². The highest BCUT2D eigenvalue weighted by Gasteiger charge is 2.67. The maximum atomic E-state index is 11.8. The van der Waals surface area contributed by atoms with Crippen LogP contribution < -0.4 is 0 Å². The number of carbonyl (C=O) groups is 1. The van der Waals surface area contributed by atoms with Gasteiger partial charge in [-0.1, -0.05) is 74.0 Å². The Kier molecular flexibility index (Phi) is 5.26. The molecule has 7 atom stereocenters. The van der Waals surface area contributed by atoms with Gasteiger partial charge >= 0.3 is 5.97 Å². The fraction of sp³-hybridized carbons (Fsp3) is 0.844. The Bertz CT molecular complexity index is 952. The fourth-order valence-electron chi connectivity index (χ4n) is 10.5. The van der Waals surface area contributed by atoms with Crippen LogP contribution in [-0.2, 0) is 9.53 Å². The molecule has 0 saturated heterocycles. The molecule has 0 spiro atoms. The van der Waals surface area contributed by atoms with E-state index in [-0.39, 0.29) is 28.3 Å². The summed E-state index contributed by atoms with van der Waals surface area (Å²) in [5, 5.41) is 0. The lowest BCUT2D eigenvalue weighted by Crippen LogP contribution is -2.62. The van der Waals surface area contributed by atoms with Gasteiger partial charge in [0.05, 0.1) is 0 Å². The van der Waals surface area contributed by atoms with Crippen molar-refractivity contribution in [2.45, 2.75) is 126 Å². The molecule has 0 aromatic heterocycles. The van der Waals surface area contributed by atoms with Gasteiger partial charge in [-0.15, -0.1) is 0 Å². The Morgan fingerprint density at radius 2 is 1.53 bits per heavy atom. The molecule has 0 bridgehead atoms. The van der Waals surface area contributed by atoms with Gasteiger partial charge in [0.25, 0.3) is 0 Å². The monoisotopic (exact) mass is 466 g/mol. The maximum Gasteiger partial charge on any atom is 0.302 e. The average Bonchev–Trinajstić information content (AvgIpc) is 2.73. The Labute approximate surface area is 209 Å². The van der Waals surface area contributed by atoms with E-state index in [1.807, 2.05) is 0 Å². The SMILES string of the molecule is CC(=O)OC1CCC2(C)C3=CCC4(C)C5CCCC(C)(C)C5(C)CCC4(C)C3=CCC2C1(C)C. The van der Waals surface area contributed by atoms with E-state index in [0.29, 0.717) is 22.2 Å². The van der Waals surface area contributed by atoms with Crippen LogP contribution in [-0.4, -0.2) is 12.1 Å². The van der Waals surface area contributed by atoms with Crippen LogP contribution >= 0.6 is 0 Å². The molecular formula is C32H50O2. The van der Waals surface area contributed by atoms with E-state index >= 15 is 0 Å². The van der Waals surface area contributed by atoms with Crippen molar-refractivity contribution in [3.8, 4) is 0 Å². The van der Waals surface area contributed by atoms with E-state index in [1.54, 1.807) is 18.1 Å². The summed E-state index contributed by atoms with van der Waals surface area (Å²) in [7, 11) is 0. The molecule has 2 heteroatoms. The molecule has 2 nitrogen and oxygen atoms in total.